The number of amides is 1. The molecule has 0 spiro atoms. The third-order valence-corrected chi connectivity index (χ3v) is 5.16. The molecule has 0 saturated carbocycles. The first kappa shape index (κ1) is 15.4. The fraction of sp³-hybridized carbons (Fsp3) is 0.474. The van der Waals surface area contributed by atoms with Crippen molar-refractivity contribution in [3.63, 3.8) is 0 Å². The van der Waals surface area contributed by atoms with Crippen LogP contribution in [0.5, 0.6) is 0 Å². The molecule has 1 fully saturated rings. The lowest BCUT2D eigenvalue weighted by Crippen LogP contribution is -2.40. The van der Waals surface area contributed by atoms with Gasteiger partial charge in [-0.3, -0.25) is 4.79 Å². The summed E-state index contributed by atoms with van der Waals surface area (Å²) >= 11 is 0. The molecule has 2 aromatic rings. The Balaban J connectivity index is 1.43. The standard InChI is InChI=1S/C19H23N3O2/c1-22-12-20-11-17(22)18-10-16(7-8-24-18)21-19(23)15-6-5-13-3-2-4-14(13)9-15/h5-6,9,11-12,16,18H,2-4,7-8,10H2,1H3,(H,21,23)/t16-,18+/m0/s1. The summed E-state index contributed by atoms with van der Waals surface area (Å²) in [5.41, 5.74) is 4.57. The molecule has 1 aromatic carbocycles. The molecule has 1 N–H and O–H groups in total. The fourth-order valence-corrected chi connectivity index (χ4v) is 3.79. The molecule has 1 aliphatic heterocycles. The number of fused-ring (bicyclic) bond motifs is 1. The van der Waals surface area contributed by atoms with Gasteiger partial charge in [0.15, 0.2) is 0 Å². The van der Waals surface area contributed by atoms with Crippen LogP contribution in [-0.4, -0.2) is 28.1 Å². The molecule has 4 rings (SSSR count). The van der Waals surface area contributed by atoms with E-state index in [-0.39, 0.29) is 18.1 Å². The second kappa shape index (κ2) is 6.40. The maximum absolute atomic E-state index is 12.6. The molecule has 0 bridgehead atoms. The first-order valence-corrected chi connectivity index (χ1v) is 8.71. The monoisotopic (exact) mass is 325 g/mol. The average Bonchev–Trinajstić information content (AvgIpc) is 3.22. The Labute approximate surface area is 142 Å². The number of imidazole rings is 1. The van der Waals surface area contributed by atoms with Crippen molar-refractivity contribution in [1.29, 1.82) is 0 Å². The first-order chi connectivity index (χ1) is 11.7. The Kier molecular flexibility index (Phi) is 4.10. The van der Waals surface area contributed by atoms with Crippen molar-refractivity contribution in [3.05, 3.63) is 53.1 Å². The largest absolute Gasteiger partial charge is 0.372 e. The topological polar surface area (TPSA) is 56.2 Å². The van der Waals surface area contributed by atoms with E-state index in [1.165, 1.54) is 17.5 Å². The van der Waals surface area contributed by atoms with Gasteiger partial charge < -0.3 is 14.6 Å². The second-order valence-corrected chi connectivity index (χ2v) is 6.82. The van der Waals surface area contributed by atoms with Gasteiger partial charge >= 0.3 is 0 Å². The van der Waals surface area contributed by atoms with Gasteiger partial charge in [0.05, 0.1) is 18.2 Å². The molecule has 0 radical (unpaired) electrons. The van der Waals surface area contributed by atoms with Crippen molar-refractivity contribution in [1.82, 2.24) is 14.9 Å². The number of benzene rings is 1. The zero-order valence-electron chi connectivity index (χ0n) is 14.0. The van der Waals surface area contributed by atoms with Gasteiger partial charge in [0.25, 0.3) is 5.91 Å². The number of aryl methyl sites for hydroxylation is 3. The molecule has 5 nitrogen and oxygen atoms in total. The Bertz CT molecular complexity index is 753. The Hall–Kier alpha value is -2.14. The smallest absolute Gasteiger partial charge is 0.251 e. The minimum absolute atomic E-state index is 0.00318. The number of hydrogen-bond donors (Lipinski definition) is 1. The van der Waals surface area contributed by atoms with E-state index in [0.717, 1.165) is 36.9 Å². The van der Waals surface area contributed by atoms with Crippen LogP contribution in [0.1, 0.15) is 52.5 Å². The van der Waals surface area contributed by atoms with Crippen LogP contribution in [0.15, 0.2) is 30.7 Å². The van der Waals surface area contributed by atoms with Crippen LogP contribution in [0.25, 0.3) is 0 Å². The minimum atomic E-state index is -0.00318. The molecule has 5 heteroatoms. The zero-order chi connectivity index (χ0) is 16.5. The highest BCUT2D eigenvalue weighted by Crippen LogP contribution is 2.28. The first-order valence-electron chi connectivity index (χ1n) is 8.71. The molecule has 1 aliphatic carbocycles. The number of carbonyl (C=O) groups excluding carboxylic acids is 1. The van der Waals surface area contributed by atoms with Crippen LogP contribution in [-0.2, 0) is 24.6 Å². The van der Waals surface area contributed by atoms with Gasteiger partial charge in [0.2, 0.25) is 0 Å². The van der Waals surface area contributed by atoms with E-state index in [0.29, 0.717) is 6.61 Å². The third kappa shape index (κ3) is 2.96. The van der Waals surface area contributed by atoms with E-state index in [9.17, 15) is 4.79 Å². The lowest BCUT2D eigenvalue weighted by atomic mass is 10.00. The molecule has 1 aromatic heterocycles. The summed E-state index contributed by atoms with van der Waals surface area (Å²) in [4.78, 5) is 16.8. The summed E-state index contributed by atoms with van der Waals surface area (Å²) in [6, 6.07) is 6.27. The van der Waals surface area contributed by atoms with Crippen LogP contribution in [0.3, 0.4) is 0 Å². The number of rotatable bonds is 3. The van der Waals surface area contributed by atoms with E-state index < -0.39 is 0 Å². The van der Waals surface area contributed by atoms with Crippen LogP contribution in [0, 0.1) is 0 Å². The fourth-order valence-electron chi connectivity index (χ4n) is 3.79. The Morgan fingerprint density at radius 3 is 3.04 bits per heavy atom. The van der Waals surface area contributed by atoms with Crippen molar-refractivity contribution in [3.8, 4) is 0 Å². The second-order valence-electron chi connectivity index (χ2n) is 6.82. The Morgan fingerprint density at radius 1 is 1.33 bits per heavy atom. The number of hydrogen-bond acceptors (Lipinski definition) is 3. The number of nitrogens with one attached hydrogen (secondary N) is 1. The van der Waals surface area contributed by atoms with Gasteiger partial charge in [-0.25, -0.2) is 4.98 Å². The highest BCUT2D eigenvalue weighted by molar-refractivity contribution is 5.94. The van der Waals surface area contributed by atoms with Crippen molar-refractivity contribution in [2.75, 3.05) is 6.61 Å². The van der Waals surface area contributed by atoms with E-state index >= 15 is 0 Å². The quantitative estimate of drug-likeness (QED) is 0.943. The molecule has 2 atom stereocenters. The van der Waals surface area contributed by atoms with Gasteiger partial charge in [-0.05, 0) is 55.4 Å². The summed E-state index contributed by atoms with van der Waals surface area (Å²) in [5, 5.41) is 3.19. The molecule has 1 saturated heterocycles. The number of ether oxygens (including phenoxy) is 1. The highest BCUT2D eigenvalue weighted by Gasteiger charge is 2.27. The highest BCUT2D eigenvalue weighted by atomic mass is 16.5. The molecule has 2 heterocycles. The lowest BCUT2D eigenvalue weighted by molar-refractivity contribution is -0.00301. The van der Waals surface area contributed by atoms with Crippen LogP contribution >= 0.6 is 0 Å². The minimum Gasteiger partial charge on any atom is -0.372 e. The zero-order valence-corrected chi connectivity index (χ0v) is 14.0. The van der Waals surface area contributed by atoms with Crippen molar-refractivity contribution >= 4 is 5.91 Å². The van der Waals surface area contributed by atoms with Gasteiger partial charge in [-0.15, -0.1) is 0 Å². The van der Waals surface area contributed by atoms with E-state index in [2.05, 4.69) is 22.4 Å². The van der Waals surface area contributed by atoms with Crippen LogP contribution in [0.2, 0.25) is 0 Å². The predicted molar refractivity (Wildman–Crippen MR) is 90.9 cm³/mol. The number of nitrogens with zero attached hydrogens (tertiary/aromatic N) is 2. The summed E-state index contributed by atoms with van der Waals surface area (Å²) in [6.45, 7) is 0.658. The van der Waals surface area contributed by atoms with Crippen LogP contribution < -0.4 is 5.32 Å². The van der Waals surface area contributed by atoms with E-state index in [1.807, 2.05) is 23.9 Å². The maximum atomic E-state index is 12.6. The van der Waals surface area contributed by atoms with E-state index in [1.54, 1.807) is 6.33 Å². The average molecular weight is 325 g/mol. The summed E-state index contributed by atoms with van der Waals surface area (Å²) in [7, 11) is 1.97. The molecular weight excluding hydrogens is 302 g/mol. The molecule has 24 heavy (non-hydrogen) atoms. The van der Waals surface area contributed by atoms with Gasteiger partial charge in [-0.1, -0.05) is 6.07 Å². The molecule has 0 unspecified atom stereocenters. The number of aromatic nitrogens is 2. The molecule has 1 amide bonds. The lowest BCUT2D eigenvalue weighted by Gasteiger charge is -2.30. The molecule has 2 aliphatic rings. The van der Waals surface area contributed by atoms with Crippen LogP contribution in [0.4, 0.5) is 0 Å². The summed E-state index contributed by atoms with van der Waals surface area (Å²) in [6.07, 6.45) is 8.70. The summed E-state index contributed by atoms with van der Waals surface area (Å²) in [5.74, 6) is 0.0281. The number of carbonyl (C=O) groups is 1. The maximum Gasteiger partial charge on any atom is 0.251 e. The Morgan fingerprint density at radius 2 is 2.21 bits per heavy atom. The SMILES string of the molecule is Cn1cncc1[C@H]1C[C@@H](NC(=O)c2ccc3c(c2)CCC3)CCO1. The summed E-state index contributed by atoms with van der Waals surface area (Å²) < 4.78 is 7.85. The molecular formula is C19H23N3O2. The van der Waals surface area contributed by atoms with Gasteiger partial charge in [-0.2, -0.15) is 0 Å². The predicted octanol–water partition coefficient (Wildman–Crippen LogP) is 2.56. The van der Waals surface area contributed by atoms with Gasteiger partial charge in [0.1, 0.15) is 6.10 Å². The van der Waals surface area contributed by atoms with Gasteiger partial charge in [0, 0.05) is 25.3 Å². The molecule has 126 valence electrons. The third-order valence-electron chi connectivity index (χ3n) is 5.16. The van der Waals surface area contributed by atoms with Crippen molar-refractivity contribution in [2.24, 2.45) is 7.05 Å². The normalized spacial score (nSPS) is 23.0. The van der Waals surface area contributed by atoms with E-state index in [4.69, 9.17) is 4.74 Å². The van der Waals surface area contributed by atoms with Crippen molar-refractivity contribution in [2.45, 2.75) is 44.2 Å². The van der Waals surface area contributed by atoms with Crippen molar-refractivity contribution < 1.29 is 9.53 Å².